The second kappa shape index (κ2) is 15.8. The van der Waals surface area contributed by atoms with Crippen LogP contribution in [0.1, 0.15) is 25.0 Å². The van der Waals surface area contributed by atoms with E-state index in [2.05, 4.69) is 10.0 Å². The van der Waals surface area contributed by atoms with Crippen molar-refractivity contribution in [2.45, 2.75) is 57.7 Å². The topological polar surface area (TPSA) is 202 Å². The first-order valence-electron chi connectivity index (χ1n) is 12.2. The lowest BCUT2D eigenvalue weighted by Crippen LogP contribution is -2.60. The second-order valence-electron chi connectivity index (χ2n) is 8.53. The van der Waals surface area contributed by atoms with Crippen LogP contribution in [0.2, 0.25) is 0 Å². The number of esters is 2. The highest BCUT2D eigenvalue weighted by Crippen LogP contribution is 2.51. The monoisotopic (exact) mass is 613 g/mol. The van der Waals surface area contributed by atoms with Crippen molar-refractivity contribution in [3.05, 3.63) is 82.2 Å². The van der Waals surface area contributed by atoms with Gasteiger partial charge in [-0.05, 0) is 16.7 Å². The van der Waals surface area contributed by atoms with Gasteiger partial charge in [-0.2, -0.15) is 0 Å². The van der Waals surface area contributed by atoms with E-state index in [0.717, 1.165) is 13.8 Å². The first kappa shape index (κ1) is 32.4. The Morgan fingerprint density at radius 1 is 0.951 bits per heavy atom. The Morgan fingerprint density at radius 3 is 1.93 bits per heavy atom. The number of carbonyl (C=O) groups excluding carboxylic acids is 2. The number of phosphoric acid groups is 1. The number of rotatable bonds is 14. The molecule has 17 heteroatoms. The molecular weight excluding hydrogens is 584 g/mol. The molecule has 2 aromatic rings. The van der Waals surface area contributed by atoms with E-state index >= 15 is 0 Å². The van der Waals surface area contributed by atoms with E-state index in [1.54, 1.807) is 60.7 Å². The first-order chi connectivity index (χ1) is 19.6. The molecule has 1 saturated heterocycles. The molecule has 15 nitrogen and oxygen atoms in total. The van der Waals surface area contributed by atoms with Gasteiger partial charge in [0.1, 0.15) is 12.1 Å². The van der Waals surface area contributed by atoms with Crippen molar-refractivity contribution in [1.82, 2.24) is 0 Å². The maximum Gasteiger partial charge on any atom is 0.475 e. The number of azide groups is 1. The van der Waals surface area contributed by atoms with Gasteiger partial charge in [-0.3, -0.25) is 32.2 Å². The number of ether oxygens (including phenoxy) is 3. The summed E-state index contributed by atoms with van der Waals surface area (Å²) in [6.07, 6.45) is -6.17. The van der Waals surface area contributed by atoms with Crippen molar-refractivity contribution in [2.75, 3.05) is 6.61 Å². The zero-order chi connectivity index (χ0) is 29.8. The summed E-state index contributed by atoms with van der Waals surface area (Å²) in [7, 11) is -8.03. The zero-order valence-electron chi connectivity index (χ0n) is 22.0. The van der Waals surface area contributed by atoms with Crippen LogP contribution in [0, 0.1) is 0 Å². The molecule has 1 aliphatic heterocycles. The van der Waals surface area contributed by atoms with Crippen LogP contribution >= 0.6 is 16.1 Å². The van der Waals surface area contributed by atoms with Crippen molar-refractivity contribution in [3.8, 4) is 0 Å². The summed E-state index contributed by atoms with van der Waals surface area (Å²) in [6, 6.07) is 16.0. The fraction of sp³-hybridized carbons (Fsp3) is 0.417. The normalized spacial score (nSPS) is 23.1. The van der Waals surface area contributed by atoms with Gasteiger partial charge in [-0.15, -0.1) is 0 Å². The van der Waals surface area contributed by atoms with Gasteiger partial charge in [0.2, 0.25) is 0 Å². The molecule has 222 valence electrons. The molecule has 0 aliphatic carbocycles. The Bertz CT molecular complexity index is 1230. The van der Waals surface area contributed by atoms with Crippen LogP contribution in [-0.2, 0) is 64.2 Å². The summed E-state index contributed by atoms with van der Waals surface area (Å²) in [5.74, 6) is -1.69. The van der Waals surface area contributed by atoms with Crippen LogP contribution in [0.3, 0.4) is 0 Å². The molecule has 0 amide bonds. The van der Waals surface area contributed by atoms with Crippen LogP contribution in [0.5, 0.6) is 0 Å². The van der Waals surface area contributed by atoms with E-state index in [1.807, 2.05) is 0 Å². The number of benzene rings is 2. The number of phosphoric ester groups is 1. The van der Waals surface area contributed by atoms with E-state index < -0.39 is 65.3 Å². The highest BCUT2D eigenvalue weighted by Gasteiger charge is 2.51. The van der Waals surface area contributed by atoms with Crippen LogP contribution in [0.4, 0.5) is 0 Å². The minimum Gasteiger partial charge on any atom is -0.458 e. The summed E-state index contributed by atoms with van der Waals surface area (Å²) in [4.78, 5) is 35.9. The molecule has 0 aromatic heterocycles. The van der Waals surface area contributed by atoms with Crippen molar-refractivity contribution in [1.29, 1.82) is 0 Å². The van der Waals surface area contributed by atoms with Gasteiger partial charge in [0, 0.05) is 18.8 Å². The number of nitrogens with zero attached hydrogens (tertiary/aromatic N) is 3. The SMILES string of the molecule is CC(=O)OC1C(N=[N+]=[N-])[C@@H](O[PH](=O)O)OC(COP(=O)(OCc2ccccc2)OCc2ccccc2)[C@H]1OC(C)=O. The van der Waals surface area contributed by atoms with Gasteiger partial charge in [-0.25, -0.2) is 4.57 Å². The van der Waals surface area contributed by atoms with E-state index in [1.165, 1.54) is 0 Å². The third-order valence-electron chi connectivity index (χ3n) is 5.48. The van der Waals surface area contributed by atoms with E-state index in [4.69, 9.17) is 37.8 Å². The summed E-state index contributed by atoms with van der Waals surface area (Å²) >= 11 is 0. The maximum absolute atomic E-state index is 13.7. The molecule has 0 saturated carbocycles. The standard InChI is InChI=1S/C24H29N3O12P2/c1-16(28)36-22-20(38-24(39-40(30)31)21(26-27-25)23(22)37-17(2)29)15-35-41(32,33-13-18-9-5-3-6-10-18)34-14-19-11-7-4-8-12-19/h3-12,20-24,40H,13-15H2,1-2H3,(H,30,31)/t20?,21?,22-,23?,24-/m1/s1. The molecule has 2 aromatic carbocycles. The molecule has 6 atom stereocenters. The first-order valence-corrected chi connectivity index (χ1v) is 14.9. The van der Waals surface area contributed by atoms with Crippen LogP contribution < -0.4 is 0 Å². The molecule has 0 spiro atoms. The lowest BCUT2D eigenvalue weighted by Gasteiger charge is -2.43. The average molecular weight is 613 g/mol. The molecule has 0 bridgehead atoms. The summed E-state index contributed by atoms with van der Waals surface area (Å²) in [5, 5.41) is 3.46. The predicted octanol–water partition coefficient (Wildman–Crippen LogP) is 4.21. The number of hydrogen-bond acceptors (Lipinski definition) is 12. The van der Waals surface area contributed by atoms with Gasteiger partial charge in [0.15, 0.2) is 18.5 Å². The quantitative estimate of drug-likeness (QED) is 0.105. The highest BCUT2D eigenvalue weighted by molar-refractivity contribution is 7.48. The largest absolute Gasteiger partial charge is 0.475 e. The minimum atomic E-state index is -4.36. The van der Waals surface area contributed by atoms with Crippen molar-refractivity contribution < 1.29 is 55.9 Å². The molecule has 1 N–H and O–H groups in total. The lowest BCUT2D eigenvalue weighted by atomic mass is 9.97. The van der Waals surface area contributed by atoms with E-state index in [0.29, 0.717) is 11.1 Å². The second-order valence-corrected chi connectivity index (χ2v) is 11.0. The fourth-order valence-electron chi connectivity index (χ4n) is 3.80. The van der Waals surface area contributed by atoms with Crippen molar-refractivity contribution >= 4 is 28.0 Å². The van der Waals surface area contributed by atoms with E-state index in [9.17, 15) is 23.6 Å². The summed E-state index contributed by atoms with van der Waals surface area (Å²) in [6.45, 7) is 1.15. The van der Waals surface area contributed by atoms with Gasteiger partial charge in [0.25, 0.3) is 0 Å². The van der Waals surface area contributed by atoms with Crippen LogP contribution in [-0.4, -0.2) is 54.1 Å². The fourth-order valence-corrected chi connectivity index (χ4v) is 5.36. The zero-order valence-corrected chi connectivity index (χ0v) is 23.9. The molecule has 1 heterocycles. The Morgan fingerprint density at radius 2 is 1.46 bits per heavy atom. The summed E-state index contributed by atoms with van der Waals surface area (Å²) in [5.41, 5.74) is 10.4. The molecular formula is C24H29N3O12P2. The Labute approximate surface area is 235 Å². The lowest BCUT2D eigenvalue weighted by molar-refractivity contribution is -0.250. The Hall–Kier alpha value is -3.09. The molecule has 0 radical (unpaired) electrons. The molecule has 3 rings (SSSR count). The third kappa shape index (κ3) is 10.4. The molecule has 1 fully saturated rings. The Kier molecular flexibility index (Phi) is 12.5. The smallest absolute Gasteiger partial charge is 0.458 e. The summed E-state index contributed by atoms with van der Waals surface area (Å²) < 4.78 is 63.1. The van der Waals surface area contributed by atoms with Gasteiger partial charge in [-0.1, -0.05) is 65.8 Å². The van der Waals surface area contributed by atoms with Crippen LogP contribution in [0.25, 0.3) is 10.4 Å². The van der Waals surface area contributed by atoms with Crippen molar-refractivity contribution in [2.24, 2.45) is 5.11 Å². The van der Waals surface area contributed by atoms with Crippen molar-refractivity contribution in [3.63, 3.8) is 0 Å². The van der Waals surface area contributed by atoms with Gasteiger partial charge < -0.3 is 19.1 Å². The highest BCUT2D eigenvalue weighted by atomic mass is 31.2. The molecule has 41 heavy (non-hydrogen) atoms. The van der Waals surface area contributed by atoms with Crippen LogP contribution in [0.15, 0.2) is 65.8 Å². The van der Waals surface area contributed by atoms with Gasteiger partial charge >= 0.3 is 28.0 Å². The maximum atomic E-state index is 13.7. The minimum absolute atomic E-state index is 0.154. The number of hydrogen-bond donors (Lipinski definition) is 1. The molecule has 1 aliphatic rings. The predicted molar refractivity (Wildman–Crippen MR) is 141 cm³/mol. The third-order valence-corrected chi connectivity index (χ3v) is 7.27. The average Bonchev–Trinajstić information content (AvgIpc) is 2.93. The van der Waals surface area contributed by atoms with Gasteiger partial charge in [0.05, 0.1) is 19.8 Å². The van der Waals surface area contributed by atoms with E-state index in [-0.39, 0.29) is 13.2 Å². The number of carbonyl (C=O) groups is 2. The molecule has 4 unspecified atom stereocenters. The Balaban J connectivity index is 1.88.